The van der Waals surface area contributed by atoms with E-state index in [1.807, 2.05) is 12.1 Å². The van der Waals surface area contributed by atoms with Crippen LogP contribution in [0.3, 0.4) is 0 Å². The maximum absolute atomic E-state index is 12.5. The minimum atomic E-state index is -0.352. The number of H-pyrrole nitrogens is 1. The van der Waals surface area contributed by atoms with Gasteiger partial charge in [0, 0.05) is 23.4 Å². The maximum atomic E-state index is 12.5. The molecule has 3 rings (SSSR count). The van der Waals surface area contributed by atoms with Crippen molar-refractivity contribution in [1.82, 2.24) is 10.3 Å². The molecule has 7 nitrogen and oxygen atoms in total. The smallest absolute Gasteiger partial charge is 0.354 e. The number of aromatic amines is 1. The first kappa shape index (κ1) is 21.0. The van der Waals surface area contributed by atoms with Crippen molar-refractivity contribution >= 4 is 5.97 Å². The van der Waals surface area contributed by atoms with Crippen LogP contribution in [0.4, 0.5) is 0 Å². The van der Waals surface area contributed by atoms with Crippen LogP contribution in [-0.4, -0.2) is 45.9 Å². The lowest BCUT2D eigenvalue weighted by Gasteiger charge is -2.17. The van der Waals surface area contributed by atoms with Crippen LogP contribution in [0.5, 0.6) is 17.2 Å². The van der Waals surface area contributed by atoms with E-state index in [9.17, 15) is 4.79 Å². The number of carbonyl (C=O) groups excluding carboxylic acids is 1. The quantitative estimate of drug-likeness (QED) is 0.464. The Balaban J connectivity index is 2.24. The first-order valence-corrected chi connectivity index (χ1v) is 9.94. The maximum Gasteiger partial charge on any atom is 0.354 e. The third-order valence-electron chi connectivity index (χ3n) is 5.19. The Hall–Kier alpha value is -2.67. The van der Waals surface area contributed by atoms with Gasteiger partial charge in [-0.25, -0.2) is 4.79 Å². The zero-order valence-electron chi connectivity index (χ0n) is 17.8. The normalized spacial score (nSPS) is 13.3. The second-order valence-electron chi connectivity index (χ2n) is 7.09. The molecule has 29 heavy (non-hydrogen) atoms. The van der Waals surface area contributed by atoms with Crippen LogP contribution in [0, 0.1) is 0 Å². The van der Waals surface area contributed by atoms with Crippen molar-refractivity contribution < 1.29 is 23.7 Å². The summed E-state index contributed by atoms with van der Waals surface area (Å²) < 4.78 is 21.8. The zero-order valence-corrected chi connectivity index (χ0v) is 17.8. The number of ether oxygens (including phenoxy) is 4. The average molecular weight is 402 g/mol. The van der Waals surface area contributed by atoms with Gasteiger partial charge in [0.1, 0.15) is 5.69 Å². The molecule has 0 saturated heterocycles. The van der Waals surface area contributed by atoms with Crippen molar-refractivity contribution in [3.63, 3.8) is 0 Å². The van der Waals surface area contributed by atoms with Crippen molar-refractivity contribution in [3.8, 4) is 28.4 Å². The number of hydrogen-bond donors (Lipinski definition) is 2. The SMILES string of the molecule is CCCNCc1[nH]c(C(=O)OC)c(C2CC2)c1-c1ccc(OC)c(OC)c1OC. The second-order valence-corrected chi connectivity index (χ2v) is 7.09. The standard InChI is InChI=1S/C22H30N2O5/c1-6-11-23-12-15-18(17(13-7-8-13)19(24-15)22(25)29-5)14-9-10-16(26-2)21(28-4)20(14)27-3/h9-10,13,23-24H,6-8,11-12H2,1-5H3. The molecule has 2 N–H and O–H groups in total. The molecule has 0 spiro atoms. The van der Waals surface area contributed by atoms with Crippen molar-refractivity contribution in [3.05, 3.63) is 29.1 Å². The molecule has 1 aromatic carbocycles. The van der Waals surface area contributed by atoms with Crippen LogP contribution >= 0.6 is 0 Å². The fourth-order valence-electron chi connectivity index (χ4n) is 3.74. The molecule has 0 radical (unpaired) electrons. The van der Waals surface area contributed by atoms with Gasteiger partial charge in [-0.2, -0.15) is 0 Å². The van der Waals surface area contributed by atoms with E-state index < -0.39 is 0 Å². The molecule has 1 aliphatic rings. The van der Waals surface area contributed by atoms with Crippen LogP contribution < -0.4 is 19.5 Å². The highest BCUT2D eigenvalue weighted by atomic mass is 16.5. The highest BCUT2D eigenvalue weighted by Gasteiger charge is 2.36. The Bertz CT molecular complexity index is 871. The van der Waals surface area contributed by atoms with Gasteiger partial charge in [-0.05, 0) is 49.4 Å². The van der Waals surface area contributed by atoms with Gasteiger partial charge in [-0.1, -0.05) is 6.92 Å². The Morgan fingerprint density at radius 3 is 2.38 bits per heavy atom. The van der Waals surface area contributed by atoms with Gasteiger partial charge in [0.25, 0.3) is 0 Å². The molecule has 0 atom stereocenters. The predicted octanol–water partition coefficient (Wildman–Crippen LogP) is 3.87. The molecule has 0 aliphatic heterocycles. The van der Waals surface area contributed by atoms with Gasteiger partial charge in [-0.15, -0.1) is 0 Å². The Kier molecular flexibility index (Phi) is 6.69. The highest BCUT2D eigenvalue weighted by Crippen LogP contribution is 2.52. The highest BCUT2D eigenvalue weighted by molar-refractivity contribution is 5.95. The fourth-order valence-corrected chi connectivity index (χ4v) is 3.74. The number of benzene rings is 1. The van der Waals surface area contributed by atoms with Gasteiger partial charge in [-0.3, -0.25) is 0 Å². The van der Waals surface area contributed by atoms with Gasteiger partial charge >= 0.3 is 5.97 Å². The Morgan fingerprint density at radius 1 is 1.10 bits per heavy atom. The zero-order chi connectivity index (χ0) is 21.0. The van der Waals surface area contributed by atoms with E-state index in [0.29, 0.717) is 35.4 Å². The number of hydrogen-bond acceptors (Lipinski definition) is 6. The third-order valence-corrected chi connectivity index (χ3v) is 5.19. The van der Waals surface area contributed by atoms with Crippen LogP contribution in [0.25, 0.3) is 11.1 Å². The van der Waals surface area contributed by atoms with Crippen molar-refractivity contribution in [2.24, 2.45) is 0 Å². The lowest BCUT2D eigenvalue weighted by molar-refractivity contribution is 0.0593. The van der Waals surface area contributed by atoms with Crippen molar-refractivity contribution in [2.45, 2.75) is 38.6 Å². The minimum absolute atomic E-state index is 0.327. The van der Waals surface area contributed by atoms with Crippen molar-refractivity contribution in [1.29, 1.82) is 0 Å². The van der Waals surface area contributed by atoms with Gasteiger partial charge in [0.2, 0.25) is 5.75 Å². The number of nitrogens with one attached hydrogen (secondary N) is 2. The summed E-state index contributed by atoms with van der Waals surface area (Å²) >= 11 is 0. The molecule has 1 aliphatic carbocycles. The number of carbonyl (C=O) groups is 1. The molecule has 1 heterocycles. The van der Waals surface area contributed by atoms with E-state index in [1.165, 1.54) is 7.11 Å². The topological polar surface area (TPSA) is 81.8 Å². The Morgan fingerprint density at radius 2 is 1.83 bits per heavy atom. The third kappa shape index (κ3) is 4.05. The first-order chi connectivity index (χ1) is 14.1. The summed E-state index contributed by atoms with van der Waals surface area (Å²) in [7, 11) is 6.21. The van der Waals surface area contributed by atoms with Crippen LogP contribution in [0.15, 0.2) is 12.1 Å². The molecule has 0 amide bonds. The lowest BCUT2D eigenvalue weighted by Crippen LogP contribution is -2.15. The molecule has 2 aromatic rings. The largest absolute Gasteiger partial charge is 0.493 e. The molecule has 0 unspecified atom stereocenters. The number of methoxy groups -OCH3 is 4. The summed E-state index contributed by atoms with van der Waals surface area (Å²) in [4.78, 5) is 15.9. The number of rotatable bonds is 10. The van der Waals surface area contributed by atoms with Crippen LogP contribution in [-0.2, 0) is 11.3 Å². The monoisotopic (exact) mass is 402 g/mol. The molecule has 158 valence electrons. The van der Waals surface area contributed by atoms with E-state index in [0.717, 1.165) is 48.2 Å². The molecule has 1 aromatic heterocycles. The first-order valence-electron chi connectivity index (χ1n) is 9.94. The number of esters is 1. The summed E-state index contributed by atoms with van der Waals surface area (Å²) in [5.41, 5.74) is 4.30. The van der Waals surface area contributed by atoms with Gasteiger partial charge in [0.15, 0.2) is 11.5 Å². The second kappa shape index (κ2) is 9.22. The summed E-state index contributed by atoms with van der Waals surface area (Å²) in [6.45, 7) is 3.61. The van der Waals surface area contributed by atoms with E-state index >= 15 is 0 Å². The molecular formula is C22H30N2O5. The molecule has 1 saturated carbocycles. The summed E-state index contributed by atoms with van der Waals surface area (Å²) in [5.74, 6) is 1.68. The van der Waals surface area contributed by atoms with Gasteiger partial charge < -0.3 is 29.2 Å². The van der Waals surface area contributed by atoms with E-state index in [2.05, 4.69) is 17.2 Å². The molecule has 0 bridgehead atoms. The van der Waals surface area contributed by atoms with Gasteiger partial charge in [0.05, 0.1) is 28.4 Å². The molecule has 7 heteroatoms. The molecule has 1 fully saturated rings. The van der Waals surface area contributed by atoms with E-state index in [4.69, 9.17) is 18.9 Å². The van der Waals surface area contributed by atoms with Crippen LogP contribution in [0.2, 0.25) is 0 Å². The van der Waals surface area contributed by atoms with E-state index in [-0.39, 0.29) is 5.97 Å². The summed E-state index contributed by atoms with van der Waals surface area (Å²) in [5, 5.41) is 3.43. The average Bonchev–Trinajstić information content (AvgIpc) is 3.52. The minimum Gasteiger partial charge on any atom is -0.493 e. The number of aromatic nitrogens is 1. The predicted molar refractivity (Wildman–Crippen MR) is 111 cm³/mol. The fraction of sp³-hybridized carbons (Fsp3) is 0.500. The van der Waals surface area contributed by atoms with Crippen LogP contribution in [0.1, 0.15) is 53.8 Å². The van der Waals surface area contributed by atoms with E-state index in [1.54, 1.807) is 21.3 Å². The lowest BCUT2D eigenvalue weighted by atomic mass is 9.95. The molecular weight excluding hydrogens is 372 g/mol. The Labute approximate surface area is 171 Å². The van der Waals surface area contributed by atoms with Crippen molar-refractivity contribution in [2.75, 3.05) is 35.0 Å². The summed E-state index contributed by atoms with van der Waals surface area (Å²) in [6, 6.07) is 3.82. The summed E-state index contributed by atoms with van der Waals surface area (Å²) in [6.07, 6.45) is 3.12.